The van der Waals surface area contributed by atoms with Gasteiger partial charge in [-0.2, -0.15) is 5.10 Å². The van der Waals surface area contributed by atoms with Crippen molar-refractivity contribution in [2.24, 2.45) is 5.10 Å². The highest BCUT2D eigenvalue weighted by atomic mass is 16.5. The molecule has 5 rings (SSSR count). The summed E-state index contributed by atoms with van der Waals surface area (Å²) < 4.78 is 10.8. The molecule has 35 heavy (non-hydrogen) atoms. The van der Waals surface area contributed by atoms with E-state index >= 15 is 0 Å². The Balaban J connectivity index is 1.34. The normalized spacial score (nSPS) is 19.6. The molecule has 1 saturated heterocycles. The topological polar surface area (TPSA) is 104 Å². The monoisotopic (exact) mass is 472 g/mol. The van der Waals surface area contributed by atoms with Crippen molar-refractivity contribution in [2.75, 3.05) is 13.7 Å². The summed E-state index contributed by atoms with van der Waals surface area (Å²) in [6, 6.07) is 18.6. The summed E-state index contributed by atoms with van der Waals surface area (Å²) in [7, 11) is 1.59. The summed E-state index contributed by atoms with van der Waals surface area (Å²) in [5.74, 6) is 0.385. The Hall–Kier alpha value is -4.40. The maximum atomic E-state index is 13.3. The molecule has 9 nitrogen and oxygen atoms in total. The van der Waals surface area contributed by atoms with E-state index in [-0.39, 0.29) is 0 Å². The van der Waals surface area contributed by atoms with Crippen LogP contribution >= 0.6 is 0 Å². The second kappa shape index (κ2) is 9.46. The molecule has 0 radical (unpaired) electrons. The fraction of sp³-hybridized carbons (Fsp3) is 0.231. The molecule has 0 unspecified atom stereocenters. The number of nitrogens with one attached hydrogen (secondary N) is 1. The van der Waals surface area contributed by atoms with E-state index < -0.39 is 36.5 Å². The molecule has 4 amide bonds. The van der Waals surface area contributed by atoms with Crippen LogP contribution in [0.5, 0.6) is 5.75 Å². The lowest BCUT2D eigenvalue weighted by Crippen LogP contribution is -2.41. The van der Waals surface area contributed by atoms with Crippen molar-refractivity contribution in [1.82, 2.24) is 15.2 Å². The highest BCUT2D eigenvalue weighted by Gasteiger charge is 2.42. The zero-order valence-corrected chi connectivity index (χ0v) is 19.1. The SMILES string of the molecule is COc1ccc(C2=NN(C(=O)CN3C(=O)N[C@H](Cc4ccccc4)C3=O)[C@@H](c3ccco3)C2)cc1. The standard InChI is InChI=1S/C26H24N4O5/c1-34-19-11-9-18(10-12-19)20-15-22(23-8-5-13-35-23)30(28-20)24(31)16-29-25(32)21(27-26(29)33)14-17-6-3-2-4-7-17/h2-13,21-22H,14-16H2,1H3,(H,27,33)/t21-,22-/m1/s1. The average molecular weight is 473 g/mol. The first-order chi connectivity index (χ1) is 17.0. The van der Waals surface area contributed by atoms with Crippen molar-refractivity contribution in [1.29, 1.82) is 0 Å². The number of benzene rings is 2. The number of carbonyl (C=O) groups excluding carboxylic acids is 3. The van der Waals surface area contributed by atoms with Crippen LogP contribution in [0, 0.1) is 0 Å². The van der Waals surface area contributed by atoms with Gasteiger partial charge in [0.05, 0.1) is 19.1 Å². The Morgan fingerprint density at radius 3 is 2.54 bits per heavy atom. The fourth-order valence-electron chi connectivity index (χ4n) is 4.32. The van der Waals surface area contributed by atoms with Gasteiger partial charge in [0, 0.05) is 12.8 Å². The number of imide groups is 1. The first-order valence-corrected chi connectivity index (χ1v) is 11.3. The molecule has 0 bridgehead atoms. The molecule has 2 aromatic carbocycles. The van der Waals surface area contributed by atoms with E-state index in [0.717, 1.165) is 16.0 Å². The molecule has 0 aliphatic carbocycles. The largest absolute Gasteiger partial charge is 0.497 e. The Morgan fingerprint density at radius 2 is 1.86 bits per heavy atom. The van der Waals surface area contributed by atoms with Crippen molar-refractivity contribution in [3.8, 4) is 5.75 Å². The number of urea groups is 1. The van der Waals surface area contributed by atoms with Crippen LogP contribution in [0.2, 0.25) is 0 Å². The van der Waals surface area contributed by atoms with Crippen molar-refractivity contribution in [3.05, 3.63) is 89.9 Å². The van der Waals surface area contributed by atoms with Gasteiger partial charge in [-0.25, -0.2) is 9.80 Å². The number of furan rings is 1. The van der Waals surface area contributed by atoms with E-state index in [2.05, 4.69) is 10.4 Å². The number of hydrogen-bond donors (Lipinski definition) is 1. The zero-order chi connectivity index (χ0) is 24.4. The highest BCUT2D eigenvalue weighted by molar-refractivity contribution is 6.07. The lowest BCUT2D eigenvalue weighted by Gasteiger charge is -2.22. The zero-order valence-electron chi connectivity index (χ0n) is 19.1. The minimum Gasteiger partial charge on any atom is -0.497 e. The number of ether oxygens (including phenoxy) is 1. The number of rotatable bonds is 7. The van der Waals surface area contributed by atoms with E-state index in [1.165, 1.54) is 11.3 Å². The van der Waals surface area contributed by atoms with E-state index in [0.29, 0.717) is 30.1 Å². The second-order valence-corrected chi connectivity index (χ2v) is 8.37. The smallest absolute Gasteiger partial charge is 0.325 e. The molecular weight excluding hydrogens is 448 g/mol. The van der Waals surface area contributed by atoms with Crippen LogP contribution in [0.1, 0.15) is 29.3 Å². The van der Waals surface area contributed by atoms with Gasteiger partial charge >= 0.3 is 6.03 Å². The summed E-state index contributed by atoms with van der Waals surface area (Å²) >= 11 is 0. The predicted molar refractivity (Wildman–Crippen MR) is 127 cm³/mol. The third-order valence-electron chi connectivity index (χ3n) is 6.14. The van der Waals surface area contributed by atoms with Crippen molar-refractivity contribution < 1.29 is 23.5 Å². The molecule has 2 atom stereocenters. The summed E-state index contributed by atoms with van der Waals surface area (Å²) in [6.45, 7) is -0.410. The van der Waals surface area contributed by atoms with Crippen LogP contribution in [0.3, 0.4) is 0 Å². The molecule has 3 aromatic rings. The lowest BCUT2D eigenvalue weighted by molar-refractivity contribution is -0.138. The van der Waals surface area contributed by atoms with Gasteiger partial charge in [0.1, 0.15) is 30.1 Å². The molecule has 178 valence electrons. The molecule has 3 heterocycles. The molecule has 9 heteroatoms. The summed E-state index contributed by atoms with van der Waals surface area (Å²) in [6.07, 6.45) is 2.33. The molecule has 2 aliphatic rings. The van der Waals surface area contributed by atoms with Gasteiger partial charge in [0.15, 0.2) is 0 Å². The minimum absolute atomic E-state index is 0.356. The summed E-state index contributed by atoms with van der Waals surface area (Å²) in [4.78, 5) is 39.8. The van der Waals surface area contributed by atoms with Crippen LogP contribution in [-0.4, -0.2) is 53.2 Å². The Labute approximate surface area is 202 Å². The van der Waals surface area contributed by atoms with Gasteiger partial charge < -0.3 is 14.5 Å². The van der Waals surface area contributed by atoms with Crippen LogP contribution in [0.15, 0.2) is 82.5 Å². The first-order valence-electron chi connectivity index (χ1n) is 11.3. The fourth-order valence-corrected chi connectivity index (χ4v) is 4.32. The van der Waals surface area contributed by atoms with Gasteiger partial charge in [0.2, 0.25) is 0 Å². The Morgan fingerprint density at radius 1 is 1.09 bits per heavy atom. The van der Waals surface area contributed by atoms with Crippen LogP contribution in [0.4, 0.5) is 4.79 Å². The molecular formula is C26H24N4O5. The summed E-state index contributed by atoms with van der Waals surface area (Å²) in [5, 5.41) is 8.55. The summed E-state index contributed by atoms with van der Waals surface area (Å²) in [5.41, 5.74) is 2.46. The lowest BCUT2D eigenvalue weighted by atomic mass is 10.0. The third kappa shape index (κ3) is 4.52. The number of hydrogen-bond acceptors (Lipinski definition) is 6. The van der Waals surface area contributed by atoms with Gasteiger partial charge in [0.25, 0.3) is 11.8 Å². The van der Waals surface area contributed by atoms with Gasteiger partial charge in [-0.05, 0) is 47.5 Å². The maximum Gasteiger partial charge on any atom is 0.325 e. The molecule has 1 fully saturated rings. The molecule has 0 spiro atoms. The Bertz CT molecular complexity index is 1250. The third-order valence-corrected chi connectivity index (χ3v) is 6.14. The van der Waals surface area contributed by atoms with Crippen molar-refractivity contribution >= 4 is 23.6 Å². The molecule has 2 aliphatic heterocycles. The van der Waals surface area contributed by atoms with Crippen LogP contribution in [-0.2, 0) is 16.0 Å². The second-order valence-electron chi connectivity index (χ2n) is 8.37. The number of hydrazone groups is 1. The minimum atomic E-state index is -0.712. The van der Waals surface area contributed by atoms with E-state index in [9.17, 15) is 14.4 Å². The predicted octanol–water partition coefficient (Wildman–Crippen LogP) is 3.13. The average Bonchev–Trinajstić information content (AvgIpc) is 3.62. The van der Waals surface area contributed by atoms with Crippen molar-refractivity contribution in [3.63, 3.8) is 0 Å². The molecule has 1 N–H and O–H groups in total. The van der Waals surface area contributed by atoms with Crippen LogP contribution in [0.25, 0.3) is 0 Å². The highest BCUT2D eigenvalue weighted by Crippen LogP contribution is 2.33. The molecule has 0 saturated carbocycles. The quantitative estimate of drug-likeness (QED) is 0.532. The van der Waals surface area contributed by atoms with E-state index in [4.69, 9.17) is 9.15 Å². The van der Waals surface area contributed by atoms with Gasteiger partial charge in [-0.15, -0.1) is 0 Å². The van der Waals surface area contributed by atoms with Crippen molar-refractivity contribution in [2.45, 2.75) is 24.9 Å². The number of amides is 4. The van der Waals surface area contributed by atoms with E-state index in [1.807, 2.05) is 54.6 Å². The van der Waals surface area contributed by atoms with Crippen LogP contribution < -0.4 is 10.1 Å². The number of methoxy groups -OCH3 is 1. The van der Waals surface area contributed by atoms with Gasteiger partial charge in [-0.1, -0.05) is 30.3 Å². The maximum absolute atomic E-state index is 13.3. The number of carbonyl (C=O) groups is 3. The molecule has 1 aromatic heterocycles. The first kappa shape index (κ1) is 22.4. The van der Waals surface area contributed by atoms with E-state index in [1.54, 1.807) is 19.2 Å². The Kier molecular flexibility index (Phi) is 6.05. The number of nitrogens with zero attached hydrogens (tertiary/aromatic N) is 3. The van der Waals surface area contributed by atoms with Gasteiger partial charge in [-0.3, -0.25) is 14.5 Å².